The Bertz CT molecular complexity index is 859. The zero-order valence-electron chi connectivity index (χ0n) is 15.7. The lowest BCUT2D eigenvalue weighted by atomic mass is 10.1. The van der Waals surface area contributed by atoms with E-state index in [1.165, 1.54) is 12.1 Å². The number of ether oxygens (including phenoxy) is 1. The summed E-state index contributed by atoms with van der Waals surface area (Å²) in [5, 5.41) is 13.9. The molecule has 0 radical (unpaired) electrons. The van der Waals surface area contributed by atoms with Crippen LogP contribution < -0.4 is 10.1 Å². The van der Waals surface area contributed by atoms with Crippen molar-refractivity contribution in [1.82, 2.24) is 0 Å². The van der Waals surface area contributed by atoms with Crippen molar-refractivity contribution in [2.75, 3.05) is 5.32 Å². The Morgan fingerprint density at radius 2 is 1.70 bits per heavy atom. The fourth-order valence-corrected chi connectivity index (χ4v) is 2.35. The van der Waals surface area contributed by atoms with Crippen LogP contribution in [0.4, 0.5) is 11.4 Å². The van der Waals surface area contributed by atoms with Gasteiger partial charge in [0, 0.05) is 23.2 Å². The molecular formula is C20H22N2O5. The van der Waals surface area contributed by atoms with Gasteiger partial charge < -0.3 is 10.1 Å². The van der Waals surface area contributed by atoms with Crippen LogP contribution in [0.3, 0.4) is 0 Å². The molecule has 2 rings (SSSR count). The van der Waals surface area contributed by atoms with E-state index in [-0.39, 0.29) is 29.0 Å². The summed E-state index contributed by atoms with van der Waals surface area (Å²) in [5.74, 6) is -0.527. The van der Waals surface area contributed by atoms with Gasteiger partial charge in [-0.25, -0.2) is 0 Å². The Morgan fingerprint density at radius 1 is 1.07 bits per heavy atom. The molecule has 1 amide bonds. The van der Waals surface area contributed by atoms with E-state index in [0.29, 0.717) is 11.3 Å². The molecule has 0 saturated heterocycles. The van der Waals surface area contributed by atoms with Gasteiger partial charge in [0.15, 0.2) is 11.9 Å². The molecule has 7 heteroatoms. The van der Waals surface area contributed by atoms with Gasteiger partial charge in [0.05, 0.1) is 4.92 Å². The molecule has 2 aromatic carbocycles. The Labute approximate surface area is 157 Å². The van der Waals surface area contributed by atoms with Crippen LogP contribution in [0.15, 0.2) is 42.5 Å². The van der Waals surface area contributed by atoms with Crippen LogP contribution in [0.2, 0.25) is 0 Å². The van der Waals surface area contributed by atoms with Gasteiger partial charge in [-0.05, 0) is 49.7 Å². The number of hydrogen-bond donors (Lipinski definition) is 1. The van der Waals surface area contributed by atoms with Gasteiger partial charge in [-0.3, -0.25) is 19.7 Å². The zero-order chi connectivity index (χ0) is 20.1. The third kappa shape index (κ3) is 5.13. The standard InChI is InChI=1S/C20H22N2O5/c1-12(2)20(24)21-16-8-6-15(7-9-16)19(23)14(4)27-18-10-5-13(3)11-17(18)22(25)26/h5-12,14H,1-4H3,(H,21,24). The van der Waals surface area contributed by atoms with Crippen molar-refractivity contribution in [3.8, 4) is 5.75 Å². The molecule has 0 aliphatic carbocycles. The predicted octanol–water partition coefficient (Wildman–Crippen LogP) is 4.15. The van der Waals surface area contributed by atoms with Gasteiger partial charge in [-0.1, -0.05) is 19.9 Å². The molecule has 1 unspecified atom stereocenters. The summed E-state index contributed by atoms with van der Waals surface area (Å²) < 4.78 is 5.54. The van der Waals surface area contributed by atoms with E-state index in [0.717, 1.165) is 5.56 Å². The Hall–Kier alpha value is -3.22. The Kier molecular flexibility index (Phi) is 6.28. The van der Waals surface area contributed by atoms with Crippen LogP contribution in [0.1, 0.15) is 36.7 Å². The lowest BCUT2D eigenvalue weighted by Crippen LogP contribution is -2.24. The molecule has 1 N–H and O–H groups in total. The molecule has 0 spiro atoms. The molecule has 0 aliphatic heterocycles. The third-order valence-corrected chi connectivity index (χ3v) is 3.95. The highest BCUT2D eigenvalue weighted by Crippen LogP contribution is 2.29. The zero-order valence-corrected chi connectivity index (χ0v) is 15.7. The summed E-state index contributed by atoms with van der Waals surface area (Å²) in [5.41, 5.74) is 1.53. The summed E-state index contributed by atoms with van der Waals surface area (Å²) in [6.07, 6.45) is -0.900. The molecule has 142 valence electrons. The molecule has 0 aliphatic rings. The number of nitro groups is 1. The third-order valence-electron chi connectivity index (χ3n) is 3.95. The number of anilines is 1. The first-order valence-corrected chi connectivity index (χ1v) is 8.56. The number of benzene rings is 2. The lowest BCUT2D eigenvalue weighted by Gasteiger charge is -2.14. The second-order valence-corrected chi connectivity index (χ2v) is 6.57. The van der Waals surface area contributed by atoms with Gasteiger partial charge in [0.2, 0.25) is 11.7 Å². The van der Waals surface area contributed by atoms with Crippen LogP contribution >= 0.6 is 0 Å². The second-order valence-electron chi connectivity index (χ2n) is 6.57. The topological polar surface area (TPSA) is 98.5 Å². The van der Waals surface area contributed by atoms with E-state index >= 15 is 0 Å². The molecule has 1 atom stereocenters. The van der Waals surface area contributed by atoms with Gasteiger partial charge in [-0.2, -0.15) is 0 Å². The molecule has 2 aromatic rings. The minimum Gasteiger partial charge on any atom is -0.475 e. The van der Waals surface area contributed by atoms with E-state index in [2.05, 4.69) is 5.32 Å². The second kappa shape index (κ2) is 8.44. The van der Waals surface area contributed by atoms with Crippen LogP contribution in [0.5, 0.6) is 5.75 Å². The number of Topliss-reactive ketones (excluding diaryl/α,β-unsaturated/α-hetero) is 1. The van der Waals surface area contributed by atoms with Crippen molar-refractivity contribution in [3.63, 3.8) is 0 Å². The molecule has 0 fully saturated rings. The molecule has 7 nitrogen and oxygen atoms in total. The number of ketones is 1. The quantitative estimate of drug-likeness (QED) is 0.448. The largest absolute Gasteiger partial charge is 0.475 e. The fourth-order valence-electron chi connectivity index (χ4n) is 2.35. The van der Waals surface area contributed by atoms with Crippen molar-refractivity contribution in [2.24, 2.45) is 5.92 Å². The number of carbonyl (C=O) groups excluding carboxylic acids is 2. The fraction of sp³-hybridized carbons (Fsp3) is 0.300. The monoisotopic (exact) mass is 370 g/mol. The van der Waals surface area contributed by atoms with E-state index < -0.39 is 11.0 Å². The normalized spacial score (nSPS) is 11.7. The smallest absolute Gasteiger partial charge is 0.311 e. The number of rotatable bonds is 7. The highest BCUT2D eigenvalue weighted by atomic mass is 16.6. The lowest BCUT2D eigenvalue weighted by molar-refractivity contribution is -0.386. The number of nitro benzene ring substituents is 1. The van der Waals surface area contributed by atoms with Crippen molar-refractivity contribution in [3.05, 3.63) is 63.7 Å². The summed E-state index contributed by atoms with van der Waals surface area (Å²) in [7, 11) is 0. The minimum absolute atomic E-state index is 0.0484. The first-order chi connectivity index (χ1) is 12.7. The van der Waals surface area contributed by atoms with E-state index in [1.54, 1.807) is 58.0 Å². The summed E-state index contributed by atoms with van der Waals surface area (Å²) in [6.45, 7) is 6.86. The Morgan fingerprint density at radius 3 is 2.26 bits per heavy atom. The maximum Gasteiger partial charge on any atom is 0.311 e. The van der Waals surface area contributed by atoms with Crippen LogP contribution in [-0.2, 0) is 4.79 Å². The van der Waals surface area contributed by atoms with Crippen molar-refractivity contribution >= 4 is 23.1 Å². The summed E-state index contributed by atoms with van der Waals surface area (Å²) in [6, 6.07) is 11.0. The SMILES string of the molecule is Cc1ccc(OC(C)C(=O)c2ccc(NC(=O)C(C)C)cc2)c([N+](=O)[O-])c1. The maximum absolute atomic E-state index is 12.6. The van der Waals surface area contributed by atoms with E-state index in [4.69, 9.17) is 4.74 Å². The van der Waals surface area contributed by atoms with Crippen LogP contribution in [0, 0.1) is 23.0 Å². The number of carbonyl (C=O) groups is 2. The maximum atomic E-state index is 12.6. The number of nitrogens with zero attached hydrogens (tertiary/aromatic N) is 1. The molecule has 27 heavy (non-hydrogen) atoms. The predicted molar refractivity (Wildman–Crippen MR) is 102 cm³/mol. The van der Waals surface area contributed by atoms with Gasteiger partial charge in [0.1, 0.15) is 0 Å². The van der Waals surface area contributed by atoms with Gasteiger partial charge in [0.25, 0.3) is 0 Å². The minimum atomic E-state index is -0.900. The first kappa shape index (κ1) is 20.1. The average molecular weight is 370 g/mol. The molecule has 0 bridgehead atoms. The van der Waals surface area contributed by atoms with Crippen LogP contribution in [0.25, 0.3) is 0 Å². The van der Waals surface area contributed by atoms with Crippen LogP contribution in [-0.4, -0.2) is 22.7 Å². The number of amides is 1. The van der Waals surface area contributed by atoms with Gasteiger partial charge in [-0.15, -0.1) is 0 Å². The van der Waals surface area contributed by atoms with E-state index in [1.807, 2.05) is 0 Å². The molecule has 0 saturated carbocycles. The molecule has 0 aromatic heterocycles. The first-order valence-electron chi connectivity index (χ1n) is 8.56. The van der Waals surface area contributed by atoms with Crippen molar-refractivity contribution in [1.29, 1.82) is 0 Å². The Balaban J connectivity index is 2.12. The highest BCUT2D eigenvalue weighted by molar-refractivity contribution is 6.00. The van der Waals surface area contributed by atoms with Crippen molar-refractivity contribution in [2.45, 2.75) is 33.8 Å². The number of hydrogen-bond acceptors (Lipinski definition) is 5. The summed E-state index contributed by atoms with van der Waals surface area (Å²) >= 11 is 0. The summed E-state index contributed by atoms with van der Waals surface area (Å²) in [4.78, 5) is 34.9. The van der Waals surface area contributed by atoms with Gasteiger partial charge >= 0.3 is 5.69 Å². The van der Waals surface area contributed by atoms with Crippen molar-refractivity contribution < 1.29 is 19.2 Å². The highest BCUT2D eigenvalue weighted by Gasteiger charge is 2.22. The number of aryl methyl sites for hydroxylation is 1. The van der Waals surface area contributed by atoms with E-state index in [9.17, 15) is 19.7 Å². The average Bonchev–Trinajstić information content (AvgIpc) is 2.62. The molecular weight excluding hydrogens is 348 g/mol. The molecule has 0 heterocycles. The number of nitrogens with one attached hydrogen (secondary N) is 1.